The Kier molecular flexibility index (Phi) is 3.13. The molecular formula is C14H19N3. The Morgan fingerprint density at radius 2 is 2.00 bits per heavy atom. The molecule has 1 unspecified atom stereocenters. The zero-order valence-electron chi connectivity index (χ0n) is 10.6. The van der Waals surface area contributed by atoms with Crippen molar-refractivity contribution in [3.05, 3.63) is 42.1 Å². The molecule has 3 N–H and O–H groups in total. The van der Waals surface area contributed by atoms with Crippen molar-refractivity contribution < 1.29 is 0 Å². The molecule has 17 heavy (non-hydrogen) atoms. The molecule has 0 saturated carbocycles. The SMILES string of the molecule is CC(C)(C)C(NN)c1ccc2ncccc2c1. The van der Waals surface area contributed by atoms with Gasteiger partial charge >= 0.3 is 0 Å². The number of rotatable bonds is 2. The van der Waals surface area contributed by atoms with E-state index in [0.29, 0.717) is 0 Å². The molecule has 0 bridgehead atoms. The highest BCUT2D eigenvalue weighted by Crippen LogP contribution is 2.33. The summed E-state index contributed by atoms with van der Waals surface area (Å²) in [6.45, 7) is 6.51. The van der Waals surface area contributed by atoms with Crippen LogP contribution in [0.25, 0.3) is 10.9 Å². The van der Waals surface area contributed by atoms with Gasteiger partial charge in [0.05, 0.1) is 11.6 Å². The van der Waals surface area contributed by atoms with Crippen LogP contribution in [-0.4, -0.2) is 4.98 Å². The summed E-state index contributed by atoms with van der Waals surface area (Å²) >= 11 is 0. The molecule has 3 nitrogen and oxygen atoms in total. The lowest BCUT2D eigenvalue weighted by Crippen LogP contribution is -2.36. The van der Waals surface area contributed by atoms with E-state index < -0.39 is 0 Å². The van der Waals surface area contributed by atoms with E-state index in [1.165, 1.54) is 5.56 Å². The van der Waals surface area contributed by atoms with Gasteiger partial charge in [-0.05, 0) is 29.2 Å². The maximum atomic E-state index is 5.67. The van der Waals surface area contributed by atoms with Crippen molar-refractivity contribution in [1.29, 1.82) is 0 Å². The zero-order chi connectivity index (χ0) is 12.5. The second kappa shape index (κ2) is 4.43. The predicted octanol–water partition coefficient (Wildman–Crippen LogP) is 2.79. The molecule has 0 spiro atoms. The first-order chi connectivity index (χ1) is 8.02. The number of benzene rings is 1. The quantitative estimate of drug-likeness (QED) is 0.615. The van der Waals surface area contributed by atoms with Crippen LogP contribution in [0.1, 0.15) is 32.4 Å². The molecule has 0 fully saturated rings. The summed E-state index contributed by atoms with van der Waals surface area (Å²) in [5.74, 6) is 5.67. The molecule has 0 aliphatic heterocycles. The Morgan fingerprint density at radius 1 is 1.24 bits per heavy atom. The van der Waals surface area contributed by atoms with Gasteiger partial charge in [-0.25, -0.2) is 0 Å². The molecule has 2 rings (SSSR count). The van der Waals surface area contributed by atoms with Crippen LogP contribution >= 0.6 is 0 Å². The van der Waals surface area contributed by atoms with Crippen LogP contribution in [0, 0.1) is 5.41 Å². The Morgan fingerprint density at radius 3 is 2.65 bits per heavy atom. The van der Waals surface area contributed by atoms with E-state index in [1.807, 2.05) is 18.3 Å². The third-order valence-electron chi connectivity index (χ3n) is 2.99. The van der Waals surface area contributed by atoms with Gasteiger partial charge in [-0.1, -0.05) is 32.9 Å². The number of nitrogens with two attached hydrogens (primary N) is 1. The number of hydrogen-bond donors (Lipinski definition) is 2. The van der Waals surface area contributed by atoms with E-state index >= 15 is 0 Å². The van der Waals surface area contributed by atoms with Gasteiger partial charge in [0.2, 0.25) is 0 Å². The maximum Gasteiger partial charge on any atom is 0.0702 e. The third-order valence-corrected chi connectivity index (χ3v) is 2.99. The standard InChI is InChI=1S/C14H19N3/c1-14(2,3)13(17-15)11-6-7-12-10(9-11)5-4-8-16-12/h4-9,13,17H,15H2,1-3H3. The molecule has 1 heterocycles. The average Bonchev–Trinajstić information content (AvgIpc) is 2.28. The van der Waals surface area contributed by atoms with Crippen LogP contribution in [0.5, 0.6) is 0 Å². The van der Waals surface area contributed by atoms with Crippen LogP contribution in [0.4, 0.5) is 0 Å². The van der Waals surface area contributed by atoms with Crippen LogP contribution < -0.4 is 11.3 Å². The van der Waals surface area contributed by atoms with Gasteiger partial charge in [0.1, 0.15) is 0 Å². The number of hydrogen-bond acceptors (Lipinski definition) is 3. The lowest BCUT2D eigenvalue weighted by Gasteiger charge is -2.30. The predicted molar refractivity (Wildman–Crippen MR) is 71.3 cm³/mol. The van der Waals surface area contributed by atoms with Gasteiger partial charge in [-0.3, -0.25) is 16.3 Å². The van der Waals surface area contributed by atoms with Crippen molar-refractivity contribution in [3.8, 4) is 0 Å². The molecule has 1 aromatic carbocycles. The maximum absolute atomic E-state index is 5.67. The fourth-order valence-electron chi connectivity index (χ4n) is 2.12. The smallest absolute Gasteiger partial charge is 0.0702 e. The highest BCUT2D eigenvalue weighted by atomic mass is 15.2. The number of nitrogens with zero attached hydrogens (tertiary/aromatic N) is 1. The number of aromatic nitrogens is 1. The van der Waals surface area contributed by atoms with Crippen molar-refractivity contribution in [1.82, 2.24) is 10.4 Å². The minimum absolute atomic E-state index is 0.0740. The molecule has 90 valence electrons. The summed E-state index contributed by atoms with van der Waals surface area (Å²) in [4.78, 5) is 4.32. The first-order valence-electron chi connectivity index (χ1n) is 5.83. The van der Waals surface area contributed by atoms with E-state index in [2.05, 4.69) is 49.4 Å². The number of hydrazine groups is 1. The van der Waals surface area contributed by atoms with E-state index in [1.54, 1.807) is 0 Å². The molecule has 0 aliphatic carbocycles. The van der Waals surface area contributed by atoms with Crippen LogP contribution in [0.2, 0.25) is 0 Å². The summed E-state index contributed by atoms with van der Waals surface area (Å²) in [5.41, 5.74) is 5.19. The van der Waals surface area contributed by atoms with Gasteiger partial charge in [0.25, 0.3) is 0 Å². The first-order valence-corrected chi connectivity index (χ1v) is 5.83. The number of pyridine rings is 1. The highest BCUT2D eigenvalue weighted by molar-refractivity contribution is 5.79. The summed E-state index contributed by atoms with van der Waals surface area (Å²) in [6.07, 6.45) is 1.81. The molecule has 0 aliphatic rings. The average molecular weight is 229 g/mol. The van der Waals surface area contributed by atoms with Crippen molar-refractivity contribution in [2.45, 2.75) is 26.8 Å². The number of fused-ring (bicyclic) bond motifs is 1. The monoisotopic (exact) mass is 229 g/mol. The Hall–Kier alpha value is -1.45. The van der Waals surface area contributed by atoms with Gasteiger partial charge in [0.15, 0.2) is 0 Å². The normalized spacial score (nSPS) is 13.9. The first kappa shape index (κ1) is 12.0. The van der Waals surface area contributed by atoms with E-state index in [0.717, 1.165) is 10.9 Å². The van der Waals surface area contributed by atoms with E-state index in [4.69, 9.17) is 5.84 Å². The van der Waals surface area contributed by atoms with Gasteiger partial charge < -0.3 is 0 Å². The Labute approximate surface area is 102 Å². The molecule has 0 saturated heterocycles. The van der Waals surface area contributed by atoms with E-state index in [-0.39, 0.29) is 11.5 Å². The molecule has 3 heteroatoms. The highest BCUT2D eigenvalue weighted by Gasteiger charge is 2.25. The lowest BCUT2D eigenvalue weighted by atomic mass is 9.82. The van der Waals surface area contributed by atoms with Gasteiger partial charge in [-0.15, -0.1) is 0 Å². The van der Waals surface area contributed by atoms with Crippen molar-refractivity contribution in [2.75, 3.05) is 0 Å². The Bertz CT molecular complexity index is 514. The number of nitrogens with one attached hydrogen (secondary N) is 1. The van der Waals surface area contributed by atoms with Crippen molar-refractivity contribution in [2.24, 2.45) is 11.3 Å². The van der Waals surface area contributed by atoms with Gasteiger partial charge in [0, 0.05) is 11.6 Å². The summed E-state index contributed by atoms with van der Waals surface area (Å²) in [5, 5.41) is 1.15. The van der Waals surface area contributed by atoms with Crippen LogP contribution in [0.15, 0.2) is 36.5 Å². The van der Waals surface area contributed by atoms with Crippen molar-refractivity contribution in [3.63, 3.8) is 0 Å². The third kappa shape index (κ3) is 2.46. The minimum atomic E-state index is 0.0740. The molecule has 0 radical (unpaired) electrons. The van der Waals surface area contributed by atoms with Crippen LogP contribution in [0.3, 0.4) is 0 Å². The minimum Gasteiger partial charge on any atom is -0.271 e. The summed E-state index contributed by atoms with van der Waals surface area (Å²) in [7, 11) is 0. The largest absolute Gasteiger partial charge is 0.271 e. The van der Waals surface area contributed by atoms with Crippen LogP contribution in [-0.2, 0) is 0 Å². The second-order valence-electron chi connectivity index (χ2n) is 5.42. The molecule has 1 aromatic heterocycles. The fraction of sp³-hybridized carbons (Fsp3) is 0.357. The summed E-state index contributed by atoms with van der Waals surface area (Å²) < 4.78 is 0. The fourth-order valence-corrected chi connectivity index (χ4v) is 2.12. The topological polar surface area (TPSA) is 50.9 Å². The lowest BCUT2D eigenvalue weighted by molar-refractivity contribution is 0.276. The summed E-state index contributed by atoms with van der Waals surface area (Å²) in [6, 6.07) is 10.4. The molecule has 0 amide bonds. The van der Waals surface area contributed by atoms with E-state index in [9.17, 15) is 0 Å². The van der Waals surface area contributed by atoms with Gasteiger partial charge in [-0.2, -0.15) is 0 Å². The molecule has 2 aromatic rings. The van der Waals surface area contributed by atoms with Crippen molar-refractivity contribution >= 4 is 10.9 Å². The Balaban J connectivity index is 2.48. The zero-order valence-corrected chi connectivity index (χ0v) is 10.6. The molecule has 1 atom stereocenters. The second-order valence-corrected chi connectivity index (χ2v) is 5.42. The molecular weight excluding hydrogens is 210 g/mol.